The summed E-state index contributed by atoms with van der Waals surface area (Å²) in [4.78, 5) is 0. The molecule has 0 amide bonds. The van der Waals surface area contributed by atoms with Gasteiger partial charge in [-0.2, -0.15) is 0 Å². The van der Waals surface area contributed by atoms with E-state index in [0.29, 0.717) is 6.04 Å². The molecule has 0 aromatic carbocycles. The van der Waals surface area contributed by atoms with Gasteiger partial charge in [-0.05, 0) is 18.4 Å². The van der Waals surface area contributed by atoms with Gasteiger partial charge in [-0.1, -0.05) is 50.3 Å². The lowest BCUT2D eigenvalue weighted by molar-refractivity contribution is 0.389. The van der Waals surface area contributed by atoms with Crippen LogP contribution in [0.15, 0.2) is 0 Å². The molecular weight excluding hydrogens is 249 g/mol. The predicted molar refractivity (Wildman–Crippen MR) is 60.4 cm³/mol. The van der Waals surface area contributed by atoms with Crippen LogP contribution in [0.2, 0.25) is 0 Å². The summed E-state index contributed by atoms with van der Waals surface area (Å²) < 4.78 is 1.26. The number of rotatable bonds is 5. The molecule has 68 valence electrons. The predicted octanol–water partition coefficient (Wildman–Crippen LogP) is 2.69. The van der Waals surface area contributed by atoms with Gasteiger partial charge in [0.05, 0.1) is 0 Å². The zero-order valence-electron chi connectivity index (χ0n) is 8.02. The van der Waals surface area contributed by atoms with E-state index in [1.54, 1.807) is 0 Å². The monoisotopic (exact) mass is 269 g/mol. The molecule has 0 rings (SSSR count). The molecular formula is C9H20IN. The number of hydrogen-bond donors (Lipinski definition) is 1. The SMILES string of the molecule is CC(C)NCC(CI)C(C)C. The van der Waals surface area contributed by atoms with Crippen LogP contribution in [0.5, 0.6) is 0 Å². The quantitative estimate of drug-likeness (QED) is 0.597. The first-order valence-electron chi connectivity index (χ1n) is 4.37. The molecule has 2 heteroatoms. The van der Waals surface area contributed by atoms with Crippen LogP contribution in [0.4, 0.5) is 0 Å². The van der Waals surface area contributed by atoms with Crippen molar-refractivity contribution < 1.29 is 0 Å². The van der Waals surface area contributed by atoms with E-state index in [1.165, 1.54) is 4.43 Å². The molecule has 0 spiro atoms. The molecule has 0 saturated heterocycles. The van der Waals surface area contributed by atoms with Crippen LogP contribution >= 0.6 is 22.6 Å². The Bertz CT molecular complexity index is 91.6. The lowest BCUT2D eigenvalue weighted by Crippen LogP contribution is -2.31. The smallest absolute Gasteiger partial charge is 0.00382 e. The van der Waals surface area contributed by atoms with E-state index in [4.69, 9.17) is 0 Å². The summed E-state index contributed by atoms with van der Waals surface area (Å²) >= 11 is 2.47. The van der Waals surface area contributed by atoms with Crippen LogP contribution in [0.25, 0.3) is 0 Å². The normalized spacial score (nSPS) is 14.5. The maximum absolute atomic E-state index is 3.47. The average molecular weight is 269 g/mol. The van der Waals surface area contributed by atoms with Gasteiger partial charge in [0, 0.05) is 10.5 Å². The summed E-state index contributed by atoms with van der Waals surface area (Å²) in [5.74, 6) is 1.64. The van der Waals surface area contributed by atoms with Crippen molar-refractivity contribution in [3.8, 4) is 0 Å². The van der Waals surface area contributed by atoms with Crippen LogP contribution in [0.1, 0.15) is 27.7 Å². The first-order chi connectivity index (χ1) is 5.07. The van der Waals surface area contributed by atoms with Crippen molar-refractivity contribution in [3.63, 3.8) is 0 Å². The summed E-state index contributed by atoms with van der Waals surface area (Å²) in [7, 11) is 0. The largest absolute Gasteiger partial charge is 0.314 e. The Kier molecular flexibility index (Phi) is 6.62. The topological polar surface area (TPSA) is 12.0 Å². The second-order valence-corrected chi connectivity index (χ2v) is 4.60. The Morgan fingerprint density at radius 1 is 1.18 bits per heavy atom. The van der Waals surface area contributed by atoms with Crippen LogP contribution in [0, 0.1) is 11.8 Å². The van der Waals surface area contributed by atoms with Gasteiger partial charge in [0.2, 0.25) is 0 Å². The van der Waals surface area contributed by atoms with E-state index in [2.05, 4.69) is 55.6 Å². The summed E-state index contributed by atoms with van der Waals surface area (Å²) in [6, 6.07) is 0.624. The third kappa shape index (κ3) is 5.91. The van der Waals surface area contributed by atoms with Gasteiger partial charge < -0.3 is 5.32 Å². The summed E-state index contributed by atoms with van der Waals surface area (Å²) in [5, 5.41) is 3.47. The molecule has 0 aliphatic carbocycles. The number of nitrogens with one attached hydrogen (secondary N) is 1. The van der Waals surface area contributed by atoms with Crippen molar-refractivity contribution in [3.05, 3.63) is 0 Å². The zero-order valence-corrected chi connectivity index (χ0v) is 10.2. The lowest BCUT2D eigenvalue weighted by Gasteiger charge is -2.20. The van der Waals surface area contributed by atoms with Gasteiger partial charge in [-0.25, -0.2) is 0 Å². The minimum atomic E-state index is 0.624. The van der Waals surface area contributed by atoms with Crippen LogP contribution in [-0.2, 0) is 0 Å². The molecule has 1 unspecified atom stereocenters. The van der Waals surface area contributed by atoms with Crippen LogP contribution in [0.3, 0.4) is 0 Å². The van der Waals surface area contributed by atoms with Crippen molar-refractivity contribution in [2.24, 2.45) is 11.8 Å². The molecule has 0 aromatic heterocycles. The van der Waals surface area contributed by atoms with Crippen molar-refractivity contribution in [1.82, 2.24) is 5.32 Å². The van der Waals surface area contributed by atoms with Crippen molar-refractivity contribution in [2.75, 3.05) is 11.0 Å². The molecule has 0 fully saturated rings. The Hall–Kier alpha value is 0.690. The first-order valence-corrected chi connectivity index (χ1v) is 5.89. The average Bonchev–Trinajstić information content (AvgIpc) is 1.87. The van der Waals surface area contributed by atoms with Gasteiger partial charge >= 0.3 is 0 Å². The highest BCUT2D eigenvalue weighted by Gasteiger charge is 2.11. The molecule has 1 N–H and O–H groups in total. The zero-order chi connectivity index (χ0) is 8.85. The highest BCUT2D eigenvalue weighted by atomic mass is 127. The molecule has 0 radical (unpaired) electrons. The number of hydrogen-bond acceptors (Lipinski definition) is 1. The Balaban J connectivity index is 3.52. The first kappa shape index (κ1) is 11.7. The molecule has 11 heavy (non-hydrogen) atoms. The molecule has 0 aliphatic rings. The standard InChI is InChI=1S/C9H20IN/c1-7(2)9(5-10)6-11-8(3)4/h7-9,11H,5-6H2,1-4H3. The number of halogens is 1. The molecule has 1 nitrogen and oxygen atoms in total. The van der Waals surface area contributed by atoms with Crippen molar-refractivity contribution >= 4 is 22.6 Å². The molecule has 0 saturated carbocycles. The molecule has 0 aliphatic heterocycles. The van der Waals surface area contributed by atoms with Gasteiger partial charge in [-0.15, -0.1) is 0 Å². The molecule has 1 atom stereocenters. The van der Waals surface area contributed by atoms with Crippen molar-refractivity contribution in [1.29, 1.82) is 0 Å². The molecule has 0 bridgehead atoms. The third-order valence-corrected chi connectivity index (χ3v) is 3.06. The Morgan fingerprint density at radius 3 is 2.00 bits per heavy atom. The fraction of sp³-hybridized carbons (Fsp3) is 1.00. The summed E-state index contributed by atoms with van der Waals surface area (Å²) in [6.45, 7) is 10.2. The minimum absolute atomic E-state index is 0.624. The van der Waals surface area contributed by atoms with E-state index in [0.717, 1.165) is 18.4 Å². The van der Waals surface area contributed by atoms with Crippen molar-refractivity contribution in [2.45, 2.75) is 33.7 Å². The van der Waals surface area contributed by atoms with Crippen LogP contribution < -0.4 is 5.32 Å². The van der Waals surface area contributed by atoms with E-state index in [1.807, 2.05) is 0 Å². The maximum atomic E-state index is 3.47. The summed E-state index contributed by atoms with van der Waals surface area (Å²) in [6.07, 6.45) is 0. The van der Waals surface area contributed by atoms with Crippen LogP contribution in [-0.4, -0.2) is 17.0 Å². The van der Waals surface area contributed by atoms with E-state index in [-0.39, 0.29) is 0 Å². The Morgan fingerprint density at radius 2 is 1.73 bits per heavy atom. The third-order valence-electron chi connectivity index (χ3n) is 1.93. The lowest BCUT2D eigenvalue weighted by atomic mass is 9.98. The minimum Gasteiger partial charge on any atom is -0.314 e. The Labute approximate surface area is 84.5 Å². The maximum Gasteiger partial charge on any atom is 0.00382 e. The van der Waals surface area contributed by atoms with E-state index >= 15 is 0 Å². The highest BCUT2D eigenvalue weighted by molar-refractivity contribution is 14.1. The summed E-state index contributed by atoms with van der Waals surface area (Å²) in [5.41, 5.74) is 0. The van der Waals surface area contributed by atoms with Gasteiger partial charge in [0.25, 0.3) is 0 Å². The van der Waals surface area contributed by atoms with Gasteiger partial charge in [0.15, 0.2) is 0 Å². The fourth-order valence-corrected chi connectivity index (χ4v) is 2.18. The van der Waals surface area contributed by atoms with Gasteiger partial charge in [-0.3, -0.25) is 0 Å². The number of alkyl halides is 1. The molecule has 0 heterocycles. The van der Waals surface area contributed by atoms with E-state index in [9.17, 15) is 0 Å². The van der Waals surface area contributed by atoms with E-state index < -0.39 is 0 Å². The fourth-order valence-electron chi connectivity index (χ4n) is 0.856. The van der Waals surface area contributed by atoms with Gasteiger partial charge in [0.1, 0.15) is 0 Å². The second kappa shape index (κ2) is 6.23. The highest BCUT2D eigenvalue weighted by Crippen LogP contribution is 2.12. The molecule has 0 aromatic rings. The second-order valence-electron chi connectivity index (χ2n) is 3.72.